The fourth-order valence-electron chi connectivity index (χ4n) is 4.03. The molecule has 3 heterocycles. The zero-order chi connectivity index (χ0) is 23.3. The van der Waals surface area contributed by atoms with Crippen LogP contribution >= 0.6 is 35.0 Å². The summed E-state index contributed by atoms with van der Waals surface area (Å²) in [6.07, 6.45) is 1.74. The van der Waals surface area contributed by atoms with E-state index in [4.69, 9.17) is 28.6 Å². The van der Waals surface area contributed by atoms with Crippen LogP contribution in [0.5, 0.6) is 0 Å². The van der Waals surface area contributed by atoms with Crippen LogP contribution in [0, 0.1) is 19.3 Å². The molecule has 0 bridgehead atoms. The van der Waals surface area contributed by atoms with Gasteiger partial charge in [-0.05, 0) is 55.3 Å². The first-order valence-corrected chi connectivity index (χ1v) is 11.8. The summed E-state index contributed by atoms with van der Waals surface area (Å²) in [5.41, 5.74) is 5.65. The van der Waals surface area contributed by atoms with Crippen molar-refractivity contribution in [2.24, 2.45) is 4.99 Å². The van der Waals surface area contributed by atoms with E-state index in [0.29, 0.717) is 15.2 Å². The Hall–Kier alpha value is -3.06. The normalized spacial score (nSPS) is 16.8. The summed E-state index contributed by atoms with van der Waals surface area (Å²) in [7, 11) is 0. The number of rotatable bonds is 3. The molecule has 1 N–H and O–H groups in total. The van der Waals surface area contributed by atoms with E-state index in [9.17, 15) is 4.79 Å². The van der Waals surface area contributed by atoms with E-state index in [0.717, 1.165) is 33.9 Å². The minimum Gasteiger partial charge on any atom is -0.318 e. The maximum absolute atomic E-state index is 12.9. The van der Waals surface area contributed by atoms with Gasteiger partial charge in [0.05, 0.1) is 21.3 Å². The molecule has 0 atom stereocenters. The molecular formula is C25H18Cl2N4OS. The van der Waals surface area contributed by atoms with Crippen LogP contribution in [-0.2, 0) is 4.79 Å². The van der Waals surface area contributed by atoms with Crippen LogP contribution in [0.4, 0.5) is 0 Å². The molecular weight excluding hydrogens is 475 g/mol. The fraction of sp³-hybridized carbons (Fsp3) is 0.0800. The van der Waals surface area contributed by atoms with E-state index >= 15 is 0 Å². The van der Waals surface area contributed by atoms with E-state index in [-0.39, 0.29) is 11.4 Å². The van der Waals surface area contributed by atoms with Crippen molar-refractivity contribution in [3.05, 3.63) is 98.1 Å². The highest BCUT2D eigenvalue weighted by Gasteiger charge is 2.36. The zero-order valence-corrected chi connectivity index (χ0v) is 20.1. The number of fused-ring (bicyclic) bond motifs is 1. The Morgan fingerprint density at radius 3 is 2.52 bits per heavy atom. The van der Waals surface area contributed by atoms with Crippen molar-refractivity contribution in [2.75, 3.05) is 0 Å². The van der Waals surface area contributed by atoms with Crippen molar-refractivity contribution in [3.63, 3.8) is 0 Å². The zero-order valence-electron chi connectivity index (χ0n) is 17.8. The first-order valence-electron chi connectivity index (χ1n) is 10.2. The second kappa shape index (κ2) is 8.37. The highest BCUT2D eigenvalue weighted by atomic mass is 35.5. The highest BCUT2D eigenvalue weighted by Crippen LogP contribution is 2.37. The van der Waals surface area contributed by atoms with Crippen molar-refractivity contribution in [2.45, 2.75) is 13.8 Å². The van der Waals surface area contributed by atoms with Gasteiger partial charge in [-0.25, -0.2) is 0 Å². The lowest BCUT2D eigenvalue weighted by Gasteiger charge is -2.26. The lowest BCUT2D eigenvalue weighted by molar-refractivity contribution is -0.114. The van der Waals surface area contributed by atoms with Gasteiger partial charge < -0.3 is 4.57 Å². The third-order valence-corrected chi connectivity index (χ3v) is 7.18. The van der Waals surface area contributed by atoms with Gasteiger partial charge in [0.25, 0.3) is 5.91 Å². The first kappa shape index (κ1) is 21.8. The molecule has 5 rings (SSSR count). The van der Waals surface area contributed by atoms with Gasteiger partial charge in [-0.2, -0.15) is 4.99 Å². The molecule has 1 amide bonds. The molecule has 1 aromatic heterocycles. The number of nitrogens with zero attached hydrogens (tertiary/aromatic N) is 3. The minimum absolute atomic E-state index is 0.115. The summed E-state index contributed by atoms with van der Waals surface area (Å²) in [5.74, 6) is -0.301. The lowest BCUT2D eigenvalue weighted by atomic mass is 10.1. The Labute approximate surface area is 205 Å². The number of benzene rings is 2. The predicted molar refractivity (Wildman–Crippen MR) is 137 cm³/mol. The lowest BCUT2D eigenvalue weighted by Crippen LogP contribution is -2.38. The van der Waals surface area contributed by atoms with Gasteiger partial charge >= 0.3 is 0 Å². The van der Waals surface area contributed by atoms with E-state index in [1.54, 1.807) is 17.0 Å². The fourth-order valence-corrected chi connectivity index (χ4v) is 5.21. The number of amides is 1. The molecule has 2 aliphatic heterocycles. The molecule has 164 valence electrons. The van der Waals surface area contributed by atoms with Gasteiger partial charge in [0.2, 0.25) is 0 Å². The molecule has 0 fully saturated rings. The van der Waals surface area contributed by atoms with Crippen LogP contribution in [0.2, 0.25) is 10.0 Å². The van der Waals surface area contributed by atoms with E-state index in [1.165, 1.54) is 11.8 Å². The number of nitrogens with one attached hydrogen (secondary N) is 1. The Morgan fingerprint density at radius 2 is 1.79 bits per heavy atom. The number of amidine groups is 2. The molecule has 0 radical (unpaired) electrons. The molecule has 0 spiro atoms. The highest BCUT2D eigenvalue weighted by molar-refractivity contribution is 8.17. The SMILES string of the molecule is Cc1cc(/C=C2/C(=N)N3C(c4ccccc4)=CSC3=NC2=O)c(C)n1-c1ccc(Cl)c(Cl)c1. The summed E-state index contributed by atoms with van der Waals surface area (Å²) in [4.78, 5) is 18.8. The van der Waals surface area contributed by atoms with Crippen molar-refractivity contribution in [1.29, 1.82) is 5.41 Å². The summed E-state index contributed by atoms with van der Waals surface area (Å²) >= 11 is 13.7. The number of carbonyl (C=O) groups is 1. The standard InChI is InChI=1S/C25H18Cl2N4OS/c1-14-10-17(15(2)30(14)18-8-9-20(26)21(27)12-18)11-19-23(28)31-22(16-6-4-3-5-7-16)13-33-25(31)29-24(19)32/h3-13,28H,1-2H3/b19-11-,28-23?. The van der Waals surface area contributed by atoms with E-state index in [2.05, 4.69) is 4.99 Å². The third-order valence-electron chi connectivity index (χ3n) is 5.62. The van der Waals surface area contributed by atoms with Gasteiger partial charge in [0.15, 0.2) is 5.17 Å². The molecule has 2 aliphatic rings. The van der Waals surface area contributed by atoms with Crippen LogP contribution in [0.1, 0.15) is 22.5 Å². The van der Waals surface area contributed by atoms with Gasteiger partial charge in [0, 0.05) is 22.5 Å². The Morgan fingerprint density at radius 1 is 1.03 bits per heavy atom. The maximum Gasteiger partial charge on any atom is 0.283 e. The molecule has 0 saturated heterocycles. The van der Waals surface area contributed by atoms with Crippen molar-refractivity contribution >= 4 is 63.6 Å². The first-order chi connectivity index (χ1) is 15.8. The molecule has 3 aromatic rings. The molecule has 0 unspecified atom stereocenters. The summed E-state index contributed by atoms with van der Waals surface area (Å²) < 4.78 is 2.04. The number of hydrogen-bond donors (Lipinski definition) is 1. The summed E-state index contributed by atoms with van der Waals surface area (Å²) in [5, 5.41) is 12.2. The number of thioether (sulfide) groups is 1. The van der Waals surface area contributed by atoms with Crippen LogP contribution in [0.25, 0.3) is 17.5 Å². The summed E-state index contributed by atoms with van der Waals surface area (Å²) in [6, 6.07) is 17.2. The van der Waals surface area contributed by atoms with Crippen molar-refractivity contribution in [3.8, 4) is 5.69 Å². The van der Waals surface area contributed by atoms with Gasteiger partial charge in [-0.3, -0.25) is 15.1 Å². The largest absolute Gasteiger partial charge is 0.318 e. The van der Waals surface area contributed by atoms with Crippen LogP contribution in [0.3, 0.4) is 0 Å². The number of aromatic nitrogens is 1. The molecule has 0 aliphatic carbocycles. The number of halogens is 2. The van der Waals surface area contributed by atoms with E-state index < -0.39 is 5.91 Å². The monoisotopic (exact) mass is 492 g/mol. The Kier molecular flexibility index (Phi) is 5.52. The predicted octanol–water partition coefficient (Wildman–Crippen LogP) is 6.71. The Bertz CT molecular complexity index is 1420. The number of aryl methyl sites for hydroxylation is 1. The average Bonchev–Trinajstić information content (AvgIpc) is 3.34. The number of carbonyl (C=O) groups excluding carboxylic acids is 1. The second-order valence-corrected chi connectivity index (χ2v) is 9.34. The van der Waals surface area contributed by atoms with Gasteiger partial charge in [-0.1, -0.05) is 65.3 Å². The quantitative estimate of drug-likeness (QED) is 0.413. The molecule has 5 nitrogen and oxygen atoms in total. The third kappa shape index (κ3) is 3.74. The van der Waals surface area contributed by atoms with Gasteiger partial charge in [-0.15, -0.1) is 0 Å². The van der Waals surface area contributed by atoms with Crippen LogP contribution in [-0.4, -0.2) is 26.4 Å². The van der Waals surface area contributed by atoms with Crippen molar-refractivity contribution in [1.82, 2.24) is 9.47 Å². The molecule has 8 heteroatoms. The molecule has 0 saturated carbocycles. The van der Waals surface area contributed by atoms with Gasteiger partial charge in [0.1, 0.15) is 5.84 Å². The van der Waals surface area contributed by atoms with Crippen LogP contribution < -0.4 is 0 Å². The average molecular weight is 493 g/mol. The Balaban J connectivity index is 1.55. The minimum atomic E-state index is -0.416. The smallest absolute Gasteiger partial charge is 0.283 e. The van der Waals surface area contributed by atoms with Crippen LogP contribution in [0.15, 0.2) is 70.6 Å². The second-order valence-electron chi connectivity index (χ2n) is 7.69. The maximum atomic E-state index is 12.9. The molecule has 33 heavy (non-hydrogen) atoms. The topological polar surface area (TPSA) is 61.5 Å². The number of aliphatic imine (C=N–C) groups is 1. The van der Waals surface area contributed by atoms with Crippen molar-refractivity contribution < 1.29 is 4.79 Å². The number of hydrogen-bond acceptors (Lipinski definition) is 3. The summed E-state index contributed by atoms with van der Waals surface area (Å²) in [6.45, 7) is 3.95. The van der Waals surface area contributed by atoms with E-state index in [1.807, 2.05) is 72.4 Å². The molecule has 2 aromatic carbocycles.